The molecule has 3 heterocycles. The molecule has 1 spiro atoms. The molecule has 0 fully saturated rings. The predicted octanol–water partition coefficient (Wildman–Crippen LogP) is 13.1. The molecule has 0 N–H and O–H groups in total. The summed E-state index contributed by atoms with van der Waals surface area (Å²) in [5, 5.41) is 3.81. The molecule has 2 aliphatic carbocycles. The first-order valence-corrected chi connectivity index (χ1v) is 19.0. The van der Waals surface area contributed by atoms with Gasteiger partial charge >= 0.3 is 0 Å². The third kappa shape index (κ3) is 3.89. The maximum Gasteiger partial charge on any atom is 0.0963 e. The second-order valence-corrected chi connectivity index (χ2v) is 15.4. The average molecular weight is 691 g/mol. The fourth-order valence-electron chi connectivity index (χ4n) is 9.46. The van der Waals surface area contributed by atoms with Gasteiger partial charge in [0.2, 0.25) is 0 Å². The lowest BCUT2D eigenvalue weighted by molar-refractivity contribution is 0.768. The molecule has 10 aromatic rings. The van der Waals surface area contributed by atoms with Crippen LogP contribution in [0.2, 0.25) is 0 Å². The molecule has 1 atom stereocenters. The first kappa shape index (κ1) is 29.1. The lowest BCUT2D eigenvalue weighted by Gasteiger charge is -2.35. The molecule has 3 heteroatoms. The van der Waals surface area contributed by atoms with Crippen molar-refractivity contribution in [3.63, 3.8) is 0 Å². The minimum absolute atomic E-state index is 0.510. The summed E-state index contributed by atoms with van der Waals surface area (Å²) in [4.78, 5) is 4.92. The van der Waals surface area contributed by atoms with Crippen molar-refractivity contribution in [2.75, 3.05) is 0 Å². The van der Waals surface area contributed by atoms with Crippen LogP contribution in [0.1, 0.15) is 33.4 Å². The minimum atomic E-state index is -0.510. The SMILES string of the molecule is C1=Cc2ccc(-c3ccc4c(c3)c3ncccc3n4-c3ccccc3)cc2C2(c3ccccc31)c1ccccc1-c1cc3sc4ccccc4c3cc12. The van der Waals surface area contributed by atoms with Crippen LogP contribution in [0, 0.1) is 0 Å². The first-order chi connectivity index (χ1) is 26.3. The van der Waals surface area contributed by atoms with E-state index in [0.717, 1.165) is 27.6 Å². The number of nitrogens with zero attached hydrogens (tertiary/aromatic N) is 2. The second kappa shape index (κ2) is 10.7. The van der Waals surface area contributed by atoms with Crippen LogP contribution in [0.15, 0.2) is 170 Å². The van der Waals surface area contributed by atoms with Crippen molar-refractivity contribution in [1.29, 1.82) is 0 Å². The van der Waals surface area contributed by atoms with Gasteiger partial charge in [-0.25, -0.2) is 0 Å². The Kier molecular flexibility index (Phi) is 5.89. The van der Waals surface area contributed by atoms with Gasteiger partial charge in [-0.15, -0.1) is 11.3 Å². The van der Waals surface area contributed by atoms with Gasteiger partial charge in [0.25, 0.3) is 0 Å². The summed E-state index contributed by atoms with van der Waals surface area (Å²) in [5.41, 5.74) is 16.8. The Balaban J connectivity index is 1.16. The number of thiophene rings is 1. The first-order valence-electron chi connectivity index (χ1n) is 18.2. The normalized spacial score (nSPS) is 15.5. The fourth-order valence-corrected chi connectivity index (χ4v) is 10.6. The Morgan fingerprint density at radius 3 is 2.13 bits per heavy atom. The zero-order valence-electron chi connectivity index (χ0n) is 28.6. The number of pyridine rings is 1. The van der Waals surface area contributed by atoms with Gasteiger partial charge in [0.1, 0.15) is 0 Å². The highest BCUT2D eigenvalue weighted by Crippen LogP contribution is 2.60. The fraction of sp³-hybridized carbons (Fsp3) is 0.0200. The van der Waals surface area contributed by atoms with E-state index >= 15 is 0 Å². The van der Waals surface area contributed by atoms with Crippen molar-refractivity contribution in [3.05, 3.63) is 203 Å². The van der Waals surface area contributed by atoms with E-state index in [4.69, 9.17) is 4.98 Å². The highest BCUT2D eigenvalue weighted by Gasteiger charge is 2.48. The molecule has 0 radical (unpaired) electrons. The zero-order chi connectivity index (χ0) is 34.7. The maximum atomic E-state index is 4.92. The number of para-hydroxylation sites is 1. The van der Waals surface area contributed by atoms with Gasteiger partial charge < -0.3 is 4.57 Å². The monoisotopic (exact) mass is 690 g/mol. The van der Waals surface area contributed by atoms with Gasteiger partial charge in [-0.1, -0.05) is 115 Å². The zero-order valence-corrected chi connectivity index (χ0v) is 29.4. The molecule has 0 saturated heterocycles. The Hall–Kier alpha value is -6.55. The third-order valence-electron chi connectivity index (χ3n) is 11.7. The topological polar surface area (TPSA) is 17.8 Å². The number of hydrogen-bond acceptors (Lipinski definition) is 2. The van der Waals surface area contributed by atoms with Gasteiger partial charge in [-0.3, -0.25) is 4.98 Å². The molecule has 246 valence electrons. The van der Waals surface area contributed by atoms with Crippen molar-refractivity contribution in [1.82, 2.24) is 9.55 Å². The van der Waals surface area contributed by atoms with Crippen molar-refractivity contribution in [2.24, 2.45) is 0 Å². The average Bonchev–Trinajstić information content (AvgIpc) is 3.81. The molecule has 2 nitrogen and oxygen atoms in total. The molecule has 0 aliphatic heterocycles. The van der Waals surface area contributed by atoms with Crippen molar-refractivity contribution >= 4 is 65.6 Å². The smallest absolute Gasteiger partial charge is 0.0963 e. The highest BCUT2D eigenvalue weighted by atomic mass is 32.1. The Morgan fingerprint density at radius 1 is 0.453 bits per heavy atom. The summed E-state index contributed by atoms with van der Waals surface area (Å²) in [7, 11) is 0. The molecular weight excluding hydrogens is 661 g/mol. The third-order valence-corrected chi connectivity index (χ3v) is 12.8. The van der Waals surface area contributed by atoms with Gasteiger partial charge in [0.05, 0.1) is 22.0 Å². The number of fused-ring (bicyclic) bond motifs is 15. The summed E-state index contributed by atoms with van der Waals surface area (Å²) in [6, 6.07) is 60.8. The Morgan fingerprint density at radius 2 is 1.21 bits per heavy atom. The van der Waals surface area contributed by atoms with Crippen LogP contribution in [0.4, 0.5) is 0 Å². The summed E-state index contributed by atoms with van der Waals surface area (Å²) in [6.45, 7) is 0. The predicted molar refractivity (Wildman–Crippen MR) is 223 cm³/mol. The molecule has 2 aliphatic rings. The number of benzene rings is 7. The molecule has 0 saturated carbocycles. The van der Waals surface area contributed by atoms with E-state index < -0.39 is 5.41 Å². The second-order valence-electron chi connectivity index (χ2n) is 14.3. The van der Waals surface area contributed by atoms with E-state index in [-0.39, 0.29) is 0 Å². The van der Waals surface area contributed by atoms with Crippen LogP contribution >= 0.6 is 11.3 Å². The Bertz CT molecular complexity index is 3180. The van der Waals surface area contributed by atoms with Gasteiger partial charge in [-0.05, 0) is 116 Å². The van der Waals surface area contributed by atoms with E-state index in [1.807, 2.05) is 23.6 Å². The van der Waals surface area contributed by atoms with E-state index in [1.54, 1.807) is 0 Å². The largest absolute Gasteiger partial charge is 0.308 e. The maximum absolute atomic E-state index is 4.92. The van der Waals surface area contributed by atoms with Crippen LogP contribution in [0.5, 0.6) is 0 Å². The summed E-state index contributed by atoms with van der Waals surface area (Å²) < 4.78 is 5.00. The van der Waals surface area contributed by atoms with Crippen LogP contribution in [0.3, 0.4) is 0 Å². The minimum Gasteiger partial charge on any atom is -0.308 e. The molecule has 12 rings (SSSR count). The highest BCUT2D eigenvalue weighted by molar-refractivity contribution is 7.25. The van der Waals surface area contributed by atoms with E-state index in [2.05, 4.69) is 174 Å². The van der Waals surface area contributed by atoms with Crippen molar-refractivity contribution in [2.45, 2.75) is 5.41 Å². The molecule has 53 heavy (non-hydrogen) atoms. The summed E-state index contributed by atoms with van der Waals surface area (Å²) in [6.07, 6.45) is 6.55. The van der Waals surface area contributed by atoms with Crippen LogP contribution < -0.4 is 0 Å². The lowest BCUT2D eigenvalue weighted by atomic mass is 9.65. The molecule has 1 unspecified atom stereocenters. The molecule has 3 aromatic heterocycles. The molecule has 7 aromatic carbocycles. The summed E-state index contributed by atoms with van der Waals surface area (Å²) in [5.74, 6) is 0. The molecule has 0 amide bonds. The molecule has 0 bridgehead atoms. The molecular formula is C50H30N2S. The van der Waals surface area contributed by atoms with E-state index in [9.17, 15) is 0 Å². The van der Waals surface area contributed by atoms with Crippen LogP contribution in [0.25, 0.3) is 82.2 Å². The lowest BCUT2D eigenvalue weighted by Crippen LogP contribution is -2.30. The standard InChI is InChI=1S/C50H30N2S/c1-2-12-35(13-3-1)52-45-25-24-33(27-40(45)49-46(52)18-10-26-51-49)34-23-22-32-21-20-31-11-4-7-16-41(31)50(43(32)28-34)42-17-8-5-14-36(42)38-30-48-39(29-44(38)50)37-15-6-9-19-47(37)53-48/h1-30H. The van der Waals surface area contributed by atoms with Crippen molar-refractivity contribution in [3.8, 4) is 27.9 Å². The number of rotatable bonds is 2. The quantitative estimate of drug-likeness (QED) is 0.177. The van der Waals surface area contributed by atoms with Gasteiger partial charge in [0, 0.05) is 37.4 Å². The van der Waals surface area contributed by atoms with E-state index in [0.29, 0.717) is 0 Å². The Labute approximate surface area is 310 Å². The van der Waals surface area contributed by atoms with Gasteiger partial charge in [-0.2, -0.15) is 0 Å². The van der Waals surface area contributed by atoms with Gasteiger partial charge in [0.15, 0.2) is 0 Å². The number of aromatic nitrogens is 2. The van der Waals surface area contributed by atoms with E-state index in [1.165, 1.54) is 75.8 Å². The number of hydrogen-bond donors (Lipinski definition) is 0. The van der Waals surface area contributed by atoms with Crippen molar-refractivity contribution < 1.29 is 0 Å². The summed E-state index contributed by atoms with van der Waals surface area (Å²) >= 11 is 1.90. The van der Waals surface area contributed by atoms with Crippen LogP contribution in [-0.4, -0.2) is 9.55 Å². The van der Waals surface area contributed by atoms with Crippen LogP contribution in [-0.2, 0) is 5.41 Å².